The van der Waals surface area contributed by atoms with Crippen LogP contribution in [0.15, 0.2) is 48.9 Å². The van der Waals surface area contributed by atoms with E-state index in [-0.39, 0.29) is 5.91 Å². The van der Waals surface area contributed by atoms with E-state index in [4.69, 9.17) is 11.6 Å². The van der Waals surface area contributed by atoms with Crippen LogP contribution >= 0.6 is 22.9 Å². The van der Waals surface area contributed by atoms with E-state index in [1.807, 2.05) is 31.3 Å². The van der Waals surface area contributed by atoms with Gasteiger partial charge in [0.05, 0.1) is 32.0 Å². The van der Waals surface area contributed by atoms with Gasteiger partial charge in [0.25, 0.3) is 5.91 Å². The topological polar surface area (TPSA) is 72.7 Å². The van der Waals surface area contributed by atoms with Crippen molar-refractivity contribution in [3.8, 4) is 10.6 Å². The average molecular weight is 398 g/mol. The van der Waals surface area contributed by atoms with Crippen molar-refractivity contribution in [2.75, 3.05) is 6.54 Å². The molecule has 0 bridgehead atoms. The van der Waals surface area contributed by atoms with E-state index in [1.54, 1.807) is 29.2 Å². The number of thiophene rings is 1. The summed E-state index contributed by atoms with van der Waals surface area (Å²) < 4.78 is 2.71. The summed E-state index contributed by atoms with van der Waals surface area (Å²) in [6, 6.07) is 9.47. The molecule has 1 amide bonds. The van der Waals surface area contributed by atoms with Gasteiger partial charge < -0.3 is 9.88 Å². The van der Waals surface area contributed by atoms with E-state index >= 15 is 0 Å². The van der Waals surface area contributed by atoms with E-state index in [0.29, 0.717) is 23.8 Å². The molecule has 4 heterocycles. The highest BCUT2D eigenvalue weighted by atomic mass is 35.5. The first-order valence-electron chi connectivity index (χ1n) is 8.38. The molecular weight excluding hydrogens is 382 g/mol. The largest absolute Gasteiger partial charge is 0.349 e. The minimum absolute atomic E-state index is 0.211. The number of carbonyl (C=O) groups is 1. The van der Waals surface area contributed by atoms with Crippen LogP contribution in [0.2, 0.25) is 5.02 Å². The highest BCUT2D eigenvalue weighted by molar-refractivity contribution is 7.22. The molecule has 0 aromatic carbocycles. The molecule has 0 spiro atoms. The fraction of sp³-hybridized carbons (Fsp3) is 0.158. The van der Waals surface area contributed by atoms with Crippen LogP contribution in [0.3, 0.4) is 0 Å². The lowest BCUT2D eigenvalue weighted by Gasteiger charge is -2.06. The fourth-order valence-electron chi connectivity index (χ4n) is 2.81. The molecule has 27 heavy (non-hydrogen) atoms. The molecule has 0 atom stereocenters. The van der Waals surface area contributed by atoms with Gasteiger partial charge in [-0.05, 0) is 24.3 Å². The van der Waals surface area contributed by atoms with Crippen LogP contribution in [0, 0.1) is 0 Å². The van der Waals surface area contributed by atoms with Crippen LogP contribution in [-0.4, -0.2) is 32.0 Å². The molecule has 0 aliphatic rings. The zero-order valence-corrected chi connectivity index (χ0v) is 16.1. The highest BCUT2D eigenvalue weighted by Gasteiger charge is 2.17. The van der Waals surface area contributed by atoms with Crippen LogP contribution in [0.25, 0.3) is 20.8 Å². The van der Waals surface area contributed by atoms with Crippen molar-refractivity contribution < 1.29 is 4.79 Å². The number of pyridine rings is 2. The summed E-state index contributed by atoms with van der Waals surface area (Å²) >= 11 is 7.78. The van der Waals surface area contributed by atoms with Gasteiger partial charge in [0.2, 0.25) is 0 Å². The number of hydrogen-bond acceptors (Lipinski definition) is 5. The van der Waals surface area contributed by atoms with E-state index in [0.717, 1.165) is 26.5 Å². The van der Waals surface area contributed by atoms with E-state index in [2.05, 4.69) is 20.3 Å². The summed E-state index contributed by atoms with van der Waals surface area (Å²) in [4.78, 5) is 26.3. The lowest BCUT2D eigenvalue weighted by molar-refractivity contribution is 0.0941. The molecule has 4 aromatic rings. The summed E-state index contributed by atoms with van der Waals surface area (Å²) in [5.74, 6) is 0.152. The van der Waals surface area contributed by atoms with Gasteiger partial charge in [0, 0.05) is 38.1 Å². The SMILES string of the molecule is Cn1c(-c2cc3nccc(Cl)c3s2)cnc1C(=O)NCCc1ccccn1. The number of aromatic nitrogens is 4. The third-order valence-corrected chi connectivity index (χ3v) is 5.81. The molecule has 0 saturated heterocycles. The number of rotatable bonds is 5. The zero-order chi connectivity index (χ0) is 18.8. The van der Waals surface area contributed by atoms with Crippen molar-refractivity contribution in [3.63, 3.8) is 0 Å². The van der Waals surface area contributed by atoms with Crippen LogP contribution < -0.4 is 5.32 Å². The minimum Gasteiger partial charge on any atom is -0.349 e. The Morgan fingerprint density at radius 3 is 2.89 bits per heavy atom. The zero-order valence-electron chi connectivity index (χ0n) is 14.5. The second-order valence-corrected chi connectivity index (χ2v) is 7.43. The number of fused-ring (bicyclic) bond motifs is 1. The van der Waals surface area contributed by atoms with Crippen molar-refractivity contribution >= 4 is 39.1 Å². The Morgan fingerprint density at radius 1 is 1.22 bits per heavy atom. The van der Waals surface area contributed by atoms with Crippen molar-refractivity contribution in [1.82, 2.24) is 24.8 Å². The Morgan fingerprint density at radius 2 is 2.11 bits per heavy atom. The molecule has 4 aromatic heterocycles. The van der Waals surface area contributed by atoms with Crippen LogP contribution in [0.5, 0.6) is 0 Å². The van der Waals surface area contributed by atoms with Gasteiger partial charge in [-0.15, -0.1) is 11.3 Å². The number of nitrogens with zero attached hydrogens (tertiary/aromatic N) is 4. The molecule has 136 valence electrons. The summed E-state index contributed by atoms with van der Waals surface area (Å²) in [7, 11) is 1.83. The smallest absolute Gasteiger partial charge is 0.287 e. The lowest BCUT2D eigenvalue weighted by atomic mass is 10.3. The molecule has 0 aliphatic carbocycles. The Bertz CT molecular complexity index is 1110. The lowest BCUT2D eigenvalue weighted by Crippen LogP contribution is -2.28. The first-order chi connectivity index (χ1) is 13.1. The van der Waals surface area contributed by atoms with Crippen LogP contribution in [0.1, 0.15) is 16.3 Å². The van der Waals surface area contributed by atoms with E-state index in [1.165, 1.54) is 11.3 Å². The van der Waals surface area contributed by atoms with Gasteiger partial charge in [-0.1, -0.05) is 17.7 Å². The Labute approximate surface area is 164 Å². The third-order valence-electron chi connectivity index (χ3n) is 4.20. The molecule has 0 saturated carbocycles. The van der Waals surface area contributed by atoms with E-state index < -0.39 is 0 Å². The predicted molar refractivity (Wildman–Crippen MR) is 107 cm³/mol. The molecule has 8 heteroatoms. The summed E-state index contributed by atoms with van der Waals surface area (Å²) in [5, 5.41) is 3.57. The number of amides is 1. The monoisotopic (exact) mass is 397 g/mol. The van der Waals surface area contributed by atoms with E-state index in [9.17, 15) is 4.79 Å². The second-order valence-electron chi connectivity index (χ2n) is 5.97. The molecule has 1 N–H and O–H groups in total. The minimum atomic E-state index is -0.211. The van der Waals surface area contributed by atoms with Gasteiger partial charge in [0.1, 0.15) is 0 Å². The maximum Gasteiger partial charge on any atom is 0.287 e. The normalized spacial score (nSPS) is 11.0. The number of hydrogen-bond donors (Lipinski definition) is 1. The summed E-state index contributed by atoms with van der Waals surface area (Å²) in [5.41, 5.74) is 2.63. The molecule has 4 rings (SSSR count). The predicted octanol–water partition coefficient (Wildman–Crippen LogP) is 3.72. The molecule has 0 aliphatic heterocycles. The van der Waals surface area contributed by atoms with Crippen molar-refractivity contribution in [2.45, 2.75) is 6.42 Å². The third kappa shape index (κ3) is 3.56. The average Bonchev–Trinajstić information content (AvgIpc) is 3.27. The molecule has 0 radical (unpaired) electrons. The quantitative estimate of drug-likeness (QED) is 0.557. The Kier molecular flexibility index (Phi) is 4.87. The number of halogens is 1. The van der Waals surface area contributed by atoms with Gasteiger partial charge in [-0.3, -0.25) is 14.8 Å². The summed E-state index contributed by atoms with van der Waals surface area (Å²) in [6.45, 7) is 0.500. The first-order valence-corrected chi connectivity index (χ1v) is 9.57. The Balaban J connectivity index is 1.51. The molecular formula is C19H16ClN5OS. The maximum atomic E-state index is 12.5. The van der Waals surface area contributed by atoms with Crippen LogP contribution in [0.4, 0.5) is 0 Å². The number of carbonyl (C=O) groups excluding carboxylic acids is 1. The summed E-state index contributed by atoms with van der Waals surface area (Å²) in [6.07, 6.45) is 5.80. The standard InChI is InChI=1S/C19H16ClN5OS/c1-25-15(16-10-14-17(27-16)13(20)6-9-22-14)11-24-18(25)19(26)23-8-5-12-4-2-3-7-21-12/h2-4,6-7,9-11H,5,8H2,1H3,(H,23,26). The molecule has 6 nitrogen and oxygen atoms in total. The van der Waals surface area contributed by atoms with Gasteiger partial charge in [-0.25, -0.2) is 4.98 Å². The second kappa shape index (κ2) is 7.46. The molecule has 0 unspecified atom stereocenters. The van der Waals surface area contributed by atoms with Crippen molar-refractivity contribution in [3.05, 3.63) is 65.5 Å². The number of imidazole rings is 1. The highest BCUT2D eigenvalue weighted by Crippen LogP contribution is 2.36. The van der Waals surface area contributed by atoms with Crippen molar-refractivity contribution in [2.24, 2.45) is 7.05 Å². The van der Waals surface area contributed by atoms with Gasteiger partial charge in [-0.2, -0.15) is 0 Å². The Hall–Kier alpha value is -2.77. The maximum absolute atomic E-state index is 12.5. The fourth-order valence-corrected chi connectivity index (χ4v) is 4.15. The first kappa shape index (κ1) is 17.6. The van der Waals surface area contributed by atoms with Crippen molar-refractivity contribution in [1.29, 1.82) is 0 Å². The number of nitrogens with one attached hydrogen (secondary N) is 1. The van der Waals surface area contributed by atoms with Gasteiger partial charge in [0.15, 0.2) is 5.82 Å². The van der Waals surface area contributed by atoms with Gasteiger partial charge >= 0.3 is 0 Å². The molecule has 0 fully saturated rings. The van der Waals surface area contributed by atoms with Crippen LogP contribution in [-0.2, 0) is 13.5 Å².